The van der Waals surface area contributed by atoms with Gasteiger partial charge >= 0.3 is 12.5 Å². The first kappa shape index (κ1) is 23.3. The number of likely N-dealkylation sites (tertiary alicyclic amines) is 1. The molecule has 10 heteroatoms. The fourth-order valence-corrected chi connectivity index (χ4v) is 2.97. The van der Waals surface area contributed by atoms with Gasteiger partial charge in [0.2, 0.25) is 5.91 Å². The van der Waals surface area contributed by atoms with Crippen molar-refractivity contribution in [1.82, 2.24) is 10.2 Å². The predicted molar refractivity (Wildman–Crippen MR) is 100 cm³/mol. The molecule has 1 fully saturated rings. The Morgan fingerprint density at radius 2 is 1.87 bits per heavy atom. The van der Waals surface area contributed by atoms with E-state index in [1.54, 1.807) is 26.8 Å². The Morgan fingerprint density at radius 1 is 1.23 bits per heavy atom. The van der Waals surface area contributed by atoms with Crippen molar-refractivity contribution in [2.24, 2.45) is 5.92 Å². The minimum absolute atomic E-state index is 0.0128. The standard InChI is InChI=1S/C20H24F3N3O4/c1-19(2,3)30-18(28)26-8-6-14(7-9-26)17(27)25-12-15-5-4-13(11-24)10-16(15)29-20(21,22)23/h4-5,10,14H,6-9,12H2,1-3H3,(H,25,27). The van der Waals surface area contributed by atoms with Crippen LogP contribution in [0.15, 0.2) is 18.2 Å². The maximum absolute atomic E-state index is 12.6. The average molecular weight is 427 g/mol. The topological polar surface area (TPSA) is 91.7 Å². The number of benzene rings is 1. The van der Waals surface area contributed by atoms with Gasteiger partial charge < -0.3 is 19.7 Å². The molecule has 1 aliphatic rings. The van der Waals surface area contributed by atoms with Crippen molar-refractivity contribution in [1.29, 1.82) is 5.26 Å². The van der Waals surface area contributed by atoms with Crippen molar-refractivity contribution in [3.05, 3.63) is 29.3 Å². The molecule has 2 amide bonds. The molecule has 0 unspecified atom stereocenters. The molecule has 0 spiro atoms. The van der Waals surface area contributed by atoms with Gasteiger partial charge in [0, 0.05) is 31.1 Å². The number of nitriles is 1. The van der Waals surface area contributed by atoms with Gasteiger partial charge in [-0.3, -0.25) is 4.79 Å². The first-order valence-corrected chi connectivity index (χ1v) is 9.42. The van der Waals surface area contributed by atoms with E-state index in [1.165, 1.54) is 17.0 Å². The highest BCUT2D eigenvalue weighted by Gasteiger charge is 2.33. The Balaban J connectivity index is 1.93. The third kappa shape index (κ3) is 7.13. The number of halogens is 3. The van der Waals surface area contributed by atoms with Gasteiger partial charge in [-0.15, -0.1) is 13.2 Å². The van der Waals surface area contributed by atoms with Crippen LogP contribution in [0.1, 0.15) is 44.7 Å². The molecule has 0 saturated carbocycles. The minimum atomic E-state index is -4.92. The maximum Gasteiger partial charge on any atom is 0.573 e. The monoisotopic (exact) mass is 427 g/mol. The molecule has 1 N–H and O–H groups in total. The highest BCUT2D eigenvalue weighted by Crippen LogP contribution is 2.28. The molecular weight excluding hydrogens is 403 g/mol. The van der Waals surface area contributed by atoms with E-state index in [4.69, 9.17) is 10.00 Å². The van der Waals surface area contributed by atoms with Gasteiger partial charge in [0.1, 0.15) is 11.4 Å². The molecule has 0 atom stereocenters. The van der Waals surface area contributed by atoms with E-state index >= 15 is 0 Å². The van der Waals surface area contributed by atoms with E-state index in [2.05, 4.69) is 10.1 Å². The number of hydrogen-bond donors (Lipinski definition) is 1. The summed E-state index contributed by atoms with van der Waals surface area (Å²) in [6.07, 6.45) is -4.51. The van der Waals surface area contributed by atoms with Crippen LogP contribution in [0.5, 0.6) is 5.75 Å². The average Bonchev–Trinajstić information content (AvgIpc) is 2.64. The Hall–Kier alpha value is -2.96. The number of amides is 2. The zero-order valence-electron chi connectivity index (χ0n) is 17.0. The summed E-state index contributed by atoms with van der Waals surface area (Å²) < 4.78 is 47.1. The number of carbonyl (C=O) groups excluding carboxylic acids is 2. The smallest absolute Gasteiger partial charge is 0.444 e. The van der Waals surface area contributed by atoms with E-state index in [9.17, 15) is 22.8 Å². The third-order valence-electron chi connectivity index (χ3n) is 4.39. The Labute approximate surface area is 172 Å². The number of rotatable bonds is 4. The highest BCUT2D eigenvalue weighted by atomic mass is 19.4. The Bertz CT molecular complexity index is 820. The summed E-state index contributed by atoms with van der Waals surface area (Å²) in [6, 6.07) is 5.39. The second-order valence-electron chi connectivity index (χ2n) is 7.94. The van der Waals surface area contributed by atoms with Crippen LogP contribution in [-0.4, -0.2) is 42.0 Å². The van der Waals surface area contributed by atoms with Gasteiger partial charge in [-0.05, 0) is 45.7 Å². The van der Waals surface area contributed by atoms with Crippen molar-refractivity contribution in [3.8, 4) is 11.8 Å². The van der Waals surface area contributed by atoms with E-state index in [-0.39, 0.29) is 29.5 Å². The first-order valence-electron chi connectivity index (χ1n) is 9.42. The van der Waals surface area contributed by atoms with Gasteiger partial charge in [0.05, 0.1) is 11.6 Å². The van der Waals surface area contributed by atoms with Crippen LogP contribution in [-0.2, 0) is 16.1 Å². The molecule has 1 aromatic rings. The number of alkyl halides is 3. The number of piperidine rings is 1. The molecule has 1 heterocycles. The molecule has 0 radical (unpaired) electrons. The summed E-state index contributed by atoms with van der Waals surface area (Å²) in [5.41, 5.74) is -0.493. The van der Waals surface area contributed by atoms with Crippen molar-refractivity contribution in [2.75, 3.05) is 13.1 Å². The maximum atomic E-state index is 12.6. The number of carbonyl (C=O) groups is 2. The van der Waals surface area contributed by atoms with Crippen LogP contribution in [0, 0.1) is 17.2 Å². The summed E-state index contributed by atoms with van der Waals surface area (Å²) in [4.78, 5) is 26.0. The summed E-state index contributed by atoms with van der Waals surface area (Å²) in [5, 5.41) is 11.5. The molecule has 7 nitrogen and oxygen atoms in total. The number of ether oxygens (including phenoxy) is 2. The molecule has 2 rings (SSSR count). The van der Waals surface area contributed by atoms with Crippen LogP contribution >= 0.6 is 0 Å². The lowest BCUT2D eigenvalue weighted by atomic mass is 9.96. The molecule has 1 saturated heterocycles. The van der Waals surface area contributed by atoms with Crippen LogP contribution in [0.25, 0.3) is 0 Å². The lowest BCUT2D eigenvalue weighted by molar-refractivity contribution is -0.274. The Kier molecular flexibility index (Phi) is 7.18. The summed E-state index contributed by atoms with van der Waals surface area (Å²) in [6.45, 7) is 5.84. The van der Waals surface area contributed by atoms with Gasteiger partial charge in [-0.25, -0.2) is 4.79 Å². The van der Waals surface area contributed by atoms with Crippen LogP contribution in [0.3, 0.4) is 0 Å². The quantitative estimate of drug-likeness (QED) is 0.791. The lowest BCUT2D eigenvalue weighted by Gasteiger charge is -2.33. The van der Waals surface area contributed by atoms with Crippen molar-refractivity contribution in [2.45, 2.75) is 52.1 Å². The zero-order valence-corrected chi connectivity index (χ0v) is 17.0. The SMILES string of the molecule is CC(C)(C)OC(=O)N1CCC(C(=O)NCc2ccc(C#N)cc2OC(F)(F)F)CC1. The van der Waals surface area contributed by atoms with Crippen LogP contribution in [0.2, 0.25) is 0 Å². The van der Waals surface area contributed by atoms with Gasteiger partial charge in [0.25, 0.3) is 0 Å². The molecule has 30 heavy (non-hydrogen) atoms. The van der Waals surface area contributed by atoms with Crippen molar-refractivity contribution < 1.29 is 32.2 Å². The highest BCUT2D eigenvalue weighted by molar-refractivity contribution is 5.79. The van der Waals surface area contributed by atoms with E-state index < -0.39 is 23.8 Å². The molecule has 0 aromatic heterocycles. The lowest BCUT2D eigenvalue weighted by Crippen LogP contribution is -2.44. The molecule has 1 aromatic carbocycles. The minimum Gasteiger partial charge on any atom is -0.444 e. The van der Waals surface area contributed by atoms with Crippen LogP contribution < -0.4 is 10.1 Å². The van der Waals surface area contributed by atoms with Gasteiger partial charge in [-0.2, -0.15) is 5.26 Å². The van der Waals surface area contributed by atoms with Crippen molar-refractivity contribution >= 4 is 12.0 Å². The Morgan fingerprint density at radius 3 is 2.40 bits per heavy atom. The second-order valence-corrected chi connectivity index (χ2v) is 7.94. The third-order valence-corrected chi connectivity index (χ3v) is 4.39. The molecule has 0 aliphatic carbocycles. The normalized spacial score (nSPS) is 15.3. The summed E-state index contributed by atoms with van der Waals surface area (Å²) in [7, 11) is 0. The van der Waals surface area contributed by atoms with E-state index in [0.717, 1.165) is 6.07 Å². The molecule has 164 valence electrons. The van der Waals surface area contributed by atoms with E-state index in [1.807, 2.05) is 0 Å². The fourth-order valence-electron chi connectivity index (χ4n) is 2.97. The van der Waals surface area contributed by atoms with Crippen LogP contribution in [0.4, 0.5) is 18.0 Å². The number of nitrogens with one attached hydrogen (secondary N) is 1. The van der Waals surface area contributed by atoms with Crippen molar-refractivity contribution in [3.63, 3.8) is 0 Å². The number of hydrogen-bond acceptors (Lipinski definition) is 5. The number of nitrogens with zero attached hydrogens (tertiary/aromatic N) is 2. The zero-order chi connectivity index (χ0) is 22.5. The summed E-state index contributed by atoms with van der Waals surface area (Å²) >= 11 is 0. The largest absolute Gasteiger partial charge is 0.573 e. The van der Waals surface area contributed by atoms with Gasteiger partial charge in [0.15, 0.2) is 0 Å². The molecule has 0 bridgehead atoms. The van der Waals surface area contributed by atoms with E-state index in [0.29, 0.717) is 25.9 Å². The fraction of sp³-hybridized carbons (Fsp3) is 0.550. The molecule has 1 aliphatic heterocycles. The van der Waals surface area contributed by atoms with Gasteiger partial charge in [-0.1, -0.05) is 6.07 Å². The molecular formula is C20H24F3N3O4. The predicted octanol–water partition coefficient (Wildman–Crippen LogP) is 3.72. The first-order chi connectivity index (χ1) is 13.9. The second kappa shape index (κ2) is 9.24. The summed E-state index contributed by atoms with van der Waals surface area (Å²) in [5.74, 6) is -1.21.